The van der Waals surface area contributed by atoms with E-state index in [1.165, 1.54) is 6.42 Å². The van der Waals surface area contributed by atoms with Crippen LogP contribution in [-0.2, 0) is 9.53 Å². The van der Waals surface area contributed by atoms with Crippen molar-refractivity contribution < 1.29 is 9.53 Å². The molecular weight excluding hydrogens is 192 g/mol. The van der Waals surface area contributed by atoms with E-state index in [9.17, 15) is 4.79 Å². The van der Waals surface area contributed by atoms with Crippen LogP contribution in [0.1, 0.15) is 26.7 Å². The van der Waals surface area contributed by atoms with Crippen LogP contribution >= 0.6 is 0 Å². The fourth-order valence-corrected chi connectivity index (χ4v) is 1.96. The highest BCUT2D eigenvalue weighted by atomic mass is 16.5. The summed E-state index contributed by atoms with van der Waals surface area (Å²) in [6, 6.07) is 0.357. The smallest absolute Gasteiger partial charge is 0.248 e. The zero-order valence-corrected chi connectivity index (χ0v) is 9.74. The van der Waals surface area contributed by atoms with Gasteiger partial charge in [-0.15, -0.1) is 0 Å². The first kappa shape index (κ1) is 12.5. The van der Waals surface area contributed by atoms with Gasteiger partial charge in [-0.05, 0) is 25.7 Å². The molecule has 0 radical (unpaired) electrons. The van der Waals surface area contributed by atoms with Gasteiger partial charge in [0, 0.05) is 19.1 Å². The monoisotopic (exact) mass is 214 g/mol. The number of hydrogen-bond donors (Lipinski definition) is 1. The van der Waals surface area contributed by atoms with Gasteiger partial charge in [0.05, 0.1) is 6.61 Å². The van der Waals surface area contributed by atoms with Crippen molar-refractivity contribution in [2.45, 2.75) is 32.7 Å². The maximum atomic E-state index is 11.8. The molecule has 88 valence electrons. The summed E-state index contributed by atoms with van der Waals surface area (Å²) >= 11 is 0. The predicted molar refractivity (Wildman–Crippen MR) is 59.4 cm³/mol. The Hall–Kier alpha value is -0.610. The molecular formula is C11H22N2O2. The normalized spacial score (nSPS) is 26.7. The lowest BCUT2D eigenvalue weighted by Gasteiger charge is -2.36. The quantitative estimate of drug-likeness (QED) is 0.698. The Kier molecular flexibility index (Phi) is 5.05. The molecule has 0 aromatic heterocycles. The summed E-state index contributed by atoms with van der Waals surface area (Å²) in [5.41, 5.74) is 5.29. The summed E-state index contributed by atoms with van der Waals surface area (Å²) in [7, 11) is 0. The predicted octanol–water partition coefficient (Wildman–Crippen LogP) is 0.609. The molecule has 0 spiro atoms. The maximum absolute atomic E-state index is 11.8. The first-order valence-electron chi connectivity index (χ1n) is 5.72. The molecule has 1 amide bonds. The van der Waals surface area contributed by atoms with E-state index in [1.807, 2.05) is 4.90 Å². The van der Waals surface area contributed by atoms with Gasteiger partial charge in [-0.2, -0.15) is 0 Å². The first-order chi connectivity index (χ1) is 7.15. The van der Waals surface area contributed by atoms with E-state index in [4.69, 9.17) is 10.5 Å². The Bertz CT molecular complexity index is 209. The van der Waals surface area contributed by atoms with Crippen molar-refractivity contribution >= 4 is 5.91 Å². The number of carbonyl (C=O) groups excluding carboxylic acids is 1. The minimum atomic E-state index is 0.0995. The van der Waals surface area contributed by atoms with Crippen molar-refractivity contribution in [3.8, 4) is 0 Å². The maximum Gasteiger partial charge on any atom is 0.248 e. The summed E-state index contributed by atoms with van der Waals surface area (Å²) in [5.74, 6) is 0.710. The van der Waals surface area contributed by atoms with E-state index in [2.05, 4.69) is 13.8 Å². The molecule has 2 N–H and O–H groups in total. The van der Waals surface area contributed by atoms with Gasteiger partial charge in [-0.25, -0.2) is 0 Å². The number of amides is 1. The summed E-state index contributed by atoms with van der Waals surface area (Å²) < 4.78 is 5.17. The largest absolute Gasteiger partial charge is 0.370 e. The van der Waals surface area contributed by atoms with Crippen molar-refractivity contribution in [1.29, 1.82) is 0 Å². The number of carbonyl (C=O) groups is 1. The van der Waals surface area contributed by atoms with Gasteiger partial charge in [0.2, 0.25) is 5.91 Å². The second kappa shape index (κ2) is 6.08. The van der Waals surface area contributed by atoms with Crippen molar-refractivity contribution in [3.63, 3.8) is 0 Å². The number of nitrogens with zero attached hydrogens (tertiary/aromatic N) is 1. The van der Waals surface area contributed by atoms with Crippen molar-refractivity contribution in [1.82, 2.24) is 4.90 Å². The van der Waals surface area contributed by atoms with E-state index in [0.29, 0.717) is 25.1 Å². The molecule has 2 unspecified atom stereocenters. The summed E-state index contributed by atoms with van der Waals surface area (Å²) in [6.07, 6.45) is 2.32. The third-order valence-electron chi connectivity index (χ3n) is 2.93. The minimum absolute atomic E-state index is 0.0995. The van der Waals surface area contributed by atoms with Crippen LogP contribution in [0.5, 0.6) is 0 Å². The zero-order chi connectivity index (χ0) is 11.3. The molecule has 4 nitrogen and oxygen atoms in total. The Balaban J connectivity index is 2.35. The summed E-state index contributed by atoms with van der Waals surface area (Å²) in [6.45, 7) is 6.27. The topological polar surface area (TPSA) is 55.6 Å². The molecule has 2 atom stereocenters. The number of likely N-dealkylation sites (tertiary alicyclic amines) is 1. The lowest BCUT2D eigenvalue weighted by atomic mass is 9.95. The van der Waals surface area contributed by atoms with Gasteiger partial charge >= 0.3 is 0 Å². The van der Waals surface area contributed by atoms with E-state index < -0.39 is 0 Å². The van der Waals surface area contributed by atoms with E-state index in [1.54, 1.807) is 0 Å². The first-order valence-corrected chi connectivity index (χ1v) is 5.72. The van der Waals surface area contributed by atoms with Crippen LogP contribution in [0.2, 0.25) is 0 Å². The van der Waals surface area contributed by atoms with Gasteiger partial charge in [-0.1, -0.05) is 6.92 Å². The summed E-state index contributed by atoms with van der Waals surface area (Å²) in [4.78, 5) is 13.7. The van der Waals surface area contributed by atoms with Crippen molar-refractivity contribution in [3.05, 3.63) is 0 Å². The van der Waals surface area contributed by atoms with E-state index in [0.717, 1.165) is 13.0 Å². The van der Waals surface area contributed by atoms with Crippen LogP contribution in [0.25, 0.3) is 0 Å². The molecule has 1 rings (SSSR count). The average molecular weight is 214 g/mol. The average Bonchev–Trinajstić information content (AvgIpc) is 2.22. The van der Waals surface area contributed by atoms with Gasteiger partial charge < -0.3 is 15.4 Å². The molecule has 1 saturated heterocycles. The number of hydrogen-bond acceptors (Lipinski definition) is 3. The Labute approximate surface area is 91.8 Å². The van der Waals surface area contributed by atoms with Crippen LogP contribution in [0, 0.1) is 5.92 Å². The van der Waals surface area contributed by atoms with Crippen LogP contribution in [0.15, 0.2) is 0 Å². The second-order valence-electron chi connectivity index (χ2n) is 4.42. The third kappa shape index (κ3) is 3.80. The number of rotatable bonds is 4. The highest BCUT2D eigenvalue weighted by Crippen LogP contribution is 2.21. The molecule has 0 aliphatic carbocycles. The molecule has 1 aliphatic rings. The van der Waals surface area contributed by atoms with Crippen LogP contribution in [0.3, 0.4) is 0 Å². The number of piperidine rings is 1. The highest BCUT2D eigenvalue weighted by molar-refractivity contribution is 5.77. The third-order valence-corrected chi connectivity index (χ3v) is 2.93. The highest BCUT2D eigenvalue weighted by Gasteiger charge is 2.26. The minimum Gasteiger partial charge on any atom is -0.370 e. The molecule has 1 fully saturated rings. The molecule has 1 aliphatic heterocycles. The molecule has 0 aromatic carbocycles. The second-order valence-corrected chi connectivity index (χ2v) is 4.42. The molecule has 0 aromatic rings. The lowest BCUT2D eigenvalue weighted by Crippen LogP contribution is -2.46. The zero-order valence-electron chi connectivity index (χ0n) is 9.74. The SMILES string of the molecule is CC1CCC(C)N(C(=O)COCCN)C1. The van der Waals surface area contributed by atoms with Crippen LogP contribution in [0.4, 0.5) is 0 Å². The lowest BCUT2D eigenvalue weighted by molar-refractivity contribution is -0.140. The number of nitrogens with two attached hydrogens (primary N) is 1. The fourth-order valence-electron chi connectivity index (χ4n) is 1.96. The molecule has 0 bridgehead atoms. The van der Waals surface area contributed by atoms with Crippen LogP contribution < -0.4 is 5.73 Å². The summed E-state index contributed by atoms with van der Waals surface area (Å²) in [5, 5.41) is 0. The Morgan fingerprint density at radius 3 is 2.87 bits per heavy atom. The Morgan fingerprint density at radius 2 is 2.20 bits per heavy atom. The molecule has 0 saturated carbocycles. The van der Waals surface area contributed by atoms with E-state index in [-0.39, 0.29) is 12.5 Å². The van der Waals surface area contributed by atoms with Gasteiger partial charge in [0.1, 0.15) is 6.61 Å². The van der Waals surface area contributed by atoms with Crippen LogP contribution in [-0.4, -0.2) is 43.2 Å². The Morgan fingerprint density at radius 1 is 1.47 bits per heavy atom. The fraction of sp³-hybridized carbons (Fsp3) is 0.909. The van der Waals surface area contributed by atoms with Crippen molar-refractivity contribution in [2.75, 3.05) is 26.3 Å². The van der Waals surface area contributed by atoms with Gasteiger partial charge in [0.25, 0.3) is 0 Å². The molecule has 1 heterocycles. The standard InChI is InChI=1S/C11H22N2O2/c1-9-3-4-10(2)13(7-9)11(14)8-15-6-5-12/h9-10H,3-8,12H2,1-2H3. The van der Waals surface area contributed by atoms with Gasteiger partial charge in [0.15, 0.2) is 0 Å². The molecule has 15 heavy (non-hydrogen) atoms. The number of ether oxygens (including phenoxy) is 1. The van der Waals surface area contributed by atoms with E-state index >= 15 is 0 Å². The van der Waals surface area contributed by atoms with Crippen molar-refractivity contribution in [2.24, 2.45) is 11.7 Å². The molecule has 4 heteroatoms. The van der Waals surface area contributed by atoms with Gasteiger partial charge in [-0.3, -0.25) is 4.79 Å².